The summed E-state index contributed by atoms with van der Waals surface area (Å²) in [7, 11) is 0. The number of nitro benzene ring substituents is 2. The van der Waals surface area contributed by atoms with Gasteiger partial charge in [-0.2, -0.15) is 0 Å². The number of nitro groups is 2. The second-order valence-corrected chi connectivity index (χ2v) is 4.93. The van der Waals surface area contributed by atoms with Gasteiger partial charge in [-0.1, -0.05) is 23.2 Å². The Morgan fingerprint density at radius 2 is 1.50 bits per heavy atom. The number of hydrazine groups is 1. The van der Waals surface area contributed by atoms with E-state index in [0.717, 1.165) is 0 Å². The number of hydrogen-bond acceptors (Lipinski definition) is 6. The minimum atomic E-state index is -0.590. The third kappa shape index (κ3) is 3.54. The molecule has 0 bridgehead atoms. The molecule has 114 valence electrons. The highest BCUT2D eigenvalue weighted by molar-refractivity contribution is 6.33. The summed E-state index contributed by atoms with van der Waals surface area (Å²) in [6, 6.07) is 7.91. The maximum Gasteiger partial charge on any atom is 0.295 e. The number of nitrogens with zero attached hydrogens (tertiary/aromatic N) is 2. The first kappa shape index (κ1) is 15.8. The molecular weight excluding hydrogens is 335 g/mol. The zero-order chi connectivity index (χ0) is 16.3. The fourth-order valence-electron chi connectivity index (χ4n) is 1.62. The van der Waals surface area contributed by atoms with E-state index >= 15 is 0 Å². The van der Waals surface area contributed by atoms with Crippen molar-refractivity contribution in [1.82, 2.24) is 0 Å². The van der Waals surface area contributed by atoms with Crippen LogP contribution in [0.1, 0.15) is 0 Å². The molecule has 0 aromatic heterocycles. The average Bonchev–Trinajstić information content (AvgIpc) is 2.46. The summed E-state index contributed by atoms with van der Waals surface area (Å²) < 4.78 is 0. The summed E-state index contributed by atoms with van der Waals surface area (Å²) in [6.45, 7) is 0. The third-order valence-corrected chi connectivity index (χ3v) is 3.20. The maximum absolute atomic E-state index is 10.9. The molecule has 0 unspecified atom stereocenters. The third-order valence-electron chi connectivity index (χ3n) is 2.65. The molecule has 2 aromatic carbocycles. The van der Waals surface area contributed by atoms with Gasteiger partial charge >= 0.3 is 0 Å². The highest BCUT2D eigenvalue weighted by Gasteiger charge is 2.15. The first-order chi connectivity index (χ1) is 10.4. The first-order valence-electron chi connectivity index (χ1n) is 5.78. The van der Waals surface area contributed by atoms with E-state index < -0.39 is 9.85 Å². The molecule has 0 heterocycles. The second-order valence-electron chi connectivity index (χ2n) is 4.09. The van der Waals surface area contributed by atoms with Gasteiger partial charge in [0.1, 0.15) is 5.69 Å². The summed E-state index contributed by atoms with van der Waals surface area (Å²) in [5.74, 6) is 0. The number of anilines is 2. The molecule has 22 heavy (non-hydrogen) atoms. The summed E-state index contributed by atoms with van der Waals surface area (Å²) in [5.41, 5.74) is 5.40. The Balaban J connectivity index is 2.20. The number of rotatable bonds is 5. The molecule has 0 aliphatic carbocycles. The molecule has 0 saturated carbocycles. The quantitative estimate of drug-likeness (QED) is 0.620. The van der Waals surface area contributed by atoms with Crippen molar-refractivity contribution in [1.29, 1.82) is 0 Å². The van der Waals surface area contributed by atoms with Gasteiger partial charge in [0.25, 0.3) is 11.4 Å². The molecule has 8 nitrogen and oxygen atoms in total. The van der Waals surface area contributed by atoms with Crippen LogP contribution in [0.4, 0.5) is 22.7 Å². The SMILES string of the molecule is O=[N+]([O-])c1ccc(NNc2ccc(Cl)cc2[N+](=O)[O-])c(Cl)c1. The Labute approximate surface area is 133 Å². The van der Waals surface area contributed by atoms with Crippen LogP contribution in [0.25, 0.3) is 0 Å². The molecule has 2 N–H and O–H groups in total. The van der Waals surface area contributed by atoms with Crippen LogP contribution in [0.3, 0.4) is 0 Å². The van der Waals surface area contributed by atoms with E-state index in [-0.39, 0.29) is 27.1 Å². The van der Waals surface area contributed by atoms with Crippen molar-refractivity contribution >= 4 is 46.0 Å². The summed E-state index contributed by atoms with van der Waals surface area (Å²) in [4.78, 5) is 20.4. The first-order valence-corrected chi connectivity index (χ1v) is 6.54. The monoisotopic (exact) mass is 342 g/mol. The minimum Gasteiger partial charge on any atom is -0.299 e. The smallest absolute Gasteiger partial charge is 0.295 e. The van der Waals surface area contributed by atoms with Gasteiger partial charge in [-0.05, 0) is 18.2 Å². The van der Waals surface area contributed by atoms with Crippen molar-refractivity contribution in [2.24, 2.45) is 0 Å². The fourth-order valence-corrected chi connectivity index (χ4v) is 2.00. The number of non-ortho nitro benzene ring substituents is 1. The number of halogens is 2. The second kappa shape index (κ2) is 6.46. The zero-order valence-corrected chi connectivity index (χ0v) is 12.3. The van der Waals surface area contributed by atoms with E-state index in [1.54, 1.807) is 0 Å². The Morgan fingerprint density at radius 1 is 0.864 bits per heavy atom. The van der Waals surface area contributed by atoms with Gasteiger partial charge in [-0.3, -0.25) is 31.1 Å². The Kier molecular flexibility index (Phi) is 4.64. The van der Waals surface area contributed by atoms with E-state index in [1.807, 2.05) is 0 Å². The lowest BCUT2D eigenvalue weighted by molar-refractivity contribution is -0.384. The molecule has 0 aliphatic rings. The van der Waals surface area contributed by atoms with Crippen LogP contribution in [0, 0.1) is 20.2 Å². The minimum absolute atomic E-state index is 0.0957. The van der Waals surface area contributed by atoms with Crippen LogP contribution in [-0.4, -0.2) is 9.85 Å². The lowest BCUT2D eigenvalue weighted by Crippen LogP contribution is -2.10. The van der Waals surface area contributed by atoms with Gasteiger partial charge in [-0.15, -0.1) is 0 Å². The Bertz CT molecular complexity index is 754. The number of hydrogen-bond donors (Lipinski definition) is 2. The molecule has 0 amide bonds. The molecule has 2 rings (SSSR count). The van der Waals surface area contributed by atoms with E-state index in [9.17, 15) is 20.2 Å². The van der Waals surface area contributed by atoms with Crippen molar-refractivity contribution in [3.63, 3.8) is 0 Å². The van der Waals surface area contributed by atoms with Crippen molar-refractivity contribution in [3.8, 4) is 0 Å². The molecule has 0 atom stereocenters. The van der Waals surface area contributed by atoms with Crippen LogP contribution in [-0.2, 0) is 0 Å². The standard InChI is InChI=1S/C12H8Cl2N4O4/c13-7-1-3-11(12(5-7)18(21)22)16-15-10-4-2-8(17(19)20)6-9(10)14/h1-6,15-16H. The van der Waals surface area contributed by atoms with Gasteiger partial charge in [0.2, 0.25) is 0 Å². The Hall–Kier alpha value is -2.58. The van der Waals surface area contributed by atoms with E-state index in [0.29, 0.717) is 5.69 Å². The lowest BCUT2D eigenvalue weighted by atomic mass is 10.2. The molecule has 0 aliphatic heterocycles. The normalized spacial score (nSPS) is 10.1. The summed E-state index contributed by atoms with van der Waals surface area (Å²) >= 11 is 11.6. The number of nitrogens with one attached hydrogen (secondary N) is 2. The molecule has 0 radical (unpaired) electrons. The van der Waals surface area contributed by atoms with Gasteiger partial charge in [0.05, 0.1) is 20.6 Å². The van der Waals surface area contributed by atoms with Crippen LogP contribution in [0.2, 0.25) is 10.0 Å². The van der Waals surface area contributed by atoms with Gasteiger partial charge < -0.3 is 0 Å². The van der Waals surface area contributed by atoms with Crippen LogP contribution < -0.4 is 10.9 Å². The number of benzene rings is 2. The predicted octanol–water partition coefficient (Wildman–Crippen LogP) is 4.25. The predicted molar refractivity (Wildman–Crippen MR) is 83.5 cm³/mol. The molecular formula is C12H8Cl2N4O4. The van der Waals surface area contributed by atoms with Gasteiger partial charge in [0.15, 0.2) is 0 Å². The van der Waals surface area contributed by atoms with Crippen LogP contribution >= 0.6 is 23.2 Å². The van der Waals surface area contributed by atoms with Crippen LogP contribution in [0.5, 0.6) is 0 Å². The topological polar surface area (TPSA) is 110 Å². The molecule has 0 saturated heterocycles. The average molecular weight is 343 g/mol. The fraction of sp³-hybridized carbons (Fsp3) is 0. The zero-order valence-electron chi connectivity index (χ0n) is 10.7. The summed E-state index contributed by atoms with van der Waals surface area (Å²) in [5, 5.41) is 21.9. The lowest BCUT2D eigenvalue weighted by Gasteiger charge is -2.11. The molecule has 10 heteroatoms. The van der Waals surface area contributed by atoms with E-state index in [2.05, 4.69) is 10.9 Å². The molecule has 2 aromatic rings. The molecule has 0 fully saturated rings. The highest BCUT2D eigenvalue weighted by atomic mass is 35.5. The van der Waals surface area contributed by atoms with Crippen molar-refractivity contribution in [2.45, 2.75) is 0 Å². The van der Waals surface area contributed by atoms with E-state index in [1.165, 1.54) is 36.4 Å². The maximum atomic E-state index is 10.9. The highest BCUT2D eigenvalue weighted by Crippen LogP contribution is 2.30. The van der Waals surface area contributed by atoms with Crippen LogP contribution in [0.15, 0.2) is 36.4 Å². The Morgan fingerprint density at radius 3 is 2.09 bits per heavy atom. The van der Waals surface area contributed by atoms with Gasteiger partial charge in [0, 0.05) is 23.2 Å². The molecule has 0 spiro atoms. The van der Waals surface area contributed by atoms with Crippen molar-refractivity contribution in [2.75, 3.05) is 10.9 Å². The van der Waals surface area contributed by atoms with Gasteiger partial charge in [-0.25, -0.2) is 0 Å². The van der Waals surface area contributed by atoms with Crippen molar-refractivity contribution < 1.29 is 9.85 Å². The summed E-state index contributed by atoms with van der Waals surface area (Å²) in [6.07, 6.45) is 0. The van der Waals surface area contributed by atoms with E-state index in [4.69, 9.17) is 23.2 Å². The van der Waals surface area contributed by atoms with Crippen molar-refractivity contribution in [3.05, 3.63) is 66.7 Å². The largest absolute Gasteiger partial charge is 0.299 e.